The van der Waals surface area contributed by atoms with Gasteiger partial charge in [0.15, 0.2) is 0 Å². The van der Waals surface area contributed by atoms with Gasteiger partial charge in [-0.2, -0.15) is 5.10 Å². The number of hydrogen-bond donors (Lipinski definition) is 0. The Morgan fingerprint density at radius 3 is 2.12 bits per heavy atom. The lowest BCUT2D eigenvalue weighted by molar-refractivity contribution is 0.708. The van der Waals surface area contributed by atoms with Gasteiger partial charge in [0, 0.05) is 30.8 Å². The van der Waals surface area contributed by atoms with Crippen molar-refractivity contribution in [1.82, 2.24) is 0 Å². The van der Waals surface area contributed by atoms with Crippen molar-refractivity contribution in [2.75, 3.05) is 23.0 Å². The zero-order valence-electron chi connectivity index (χ0n) is 21.0. The normalized spacial score (nSPS) is 15.5. The molecule has 0 radical (unpaired) electrons. The minimum absolute atomic E-state index is 0.175. The van der Waals surface area contributed by atoms with E-state index < -0.39 is 8.07 Å². The van der Waals surface area contributed by atoms with Gasteiger partial charge in [0.25, 0.3) is 0 Å². The molecule has 174 valence electrons. The third-order valence-corrected chi connectivity index (χ3v) is 7.01. The number of para-hydroxylation sites is 1. The first kappa shape index (κ1) is 23.9. The Bertz CT molecular complexity index is 1180. The molecule has 4 heteroatoms. The van der Waals surface area contributed by atoms with Gasteiger partial charge >= 0.3 is 0 Å². The summed E-state index contributed by atoms with van der Waals surface area (Å²) < 4.78 is 0. The summed E-state index contributed by atoms with van der Waals surface area (Å²) in [6.45, 7) is 13.3. The third-order valence-electron chi connectivity index (χ3n) is 6.14. The molecule has 0 aliphatic carbocycles. The van der Waals surface area contributed by atoms with E-state index in [1.165, 1.54) is 16.8 Å². The van der Waals surface area contributed by atoms with Crippen LogP contribution in [0.1, 0.15) is 43.0 Å². The molecule has 0 bridgehead atoms. The highest BCUT2D eigenvalue weighted by molar-refractivity contribution is 6.83. The molecule has 3 nitrogen and oxygen atoms in total. The van der Waals surface area contributed by atoms with E-state index in [1.54, 1.807) is 0 Å². The van der Waals surface area contributed by atoms with Crippen molar-refractivity contribution in [3.8, 4) is 11.5 Å². The van der Waals surface area contributed by atoms with Crippen LogP contribution in [0, 0.1) is 11.5 Å². The second kappa shape index (κ2) is 10.3. The van der Waals surface area contributed by atoms with E-state index in [9.17, 15) is 0 Å². The van der Waals surface area contributed by atoms with Gasteiger partial charge in [-0.05, 0) is 61.4 Å². The topological polar surface area (TPSA) is 18.8 Å². The van der Waals surface area contributed by atoms with Crippen LogP contribution in [0.25, 0.3) is 0 Å². The van der Waals surface area contributed by atoms with Gasteiger partial charge < -0.3 is 4.90 Å². The average Bonchev–Trinajstić information content (AvgIpc) is 3.30. The highest BCUT2D eigenvalue weighted by Gasteiger charge is 2.30. The number of anilines is 2. The molecule has 0 amide bonds. The quantitative estimate of drug-likeness (QED) is 0.285. The van der Waals surface area contributed by atoms with E-state index in [0.29, 0.717) is 0 Å². The summed E-state index contributed by atoms with van der Waals surface area (Å²) in [7, 11) is -1.38. The Morgan fingerprint density at radius 2 is 1.53 bits per heavy atom. The molecule has 0 fully saturated rings. The van der Waals surface area contributed by atoms with Crippen molar-refractivity contribution in [3.05, 3.63) is 95.6 Å². The van der Waals surface area contributed by atoms with Crippen molar-refractivity contribution < 1.29 is 0 Å². The molecular weight excluding hydrogens is 430 g/mol. The number of rotatable bonds is 6. The SMILES string of the molecule is CCN(CC)c1ccc(C2CC(c3ccc(C#C[Si](C)(C)C)cc3)=NN2c2ccccc2)cc1. The summed E-state index contributed by atoms with van der Waals surface area (Å²) in [5, 5.41) is 7.28. The van der Waals surface area contributed by atoms with Gasteiger partial charge in [0.05, 0.1) is 17.4 Å². The second-order valence-electron chi connectivity index (χ2n) is 9.79. The van der Waals surface area contributed by atoms with Crippen molar-refractivity contribution in [1.29, 1.82) is 0 Å². The van der Waals surface area contributed by atoms with Crippen LogP contribution in [0.2, 0.25) is 19.6 Å². The molecule has 1 aliphatic heterocycles. The fraction of sp³-hybridized carbons (Fsp3) is 0.300. The summed E-state index contributed by atoms with van der Waals surface area (Å²) in [5.41, 5.74) is 10.5. The Morgan fingerprint density at radius 1 is 0.882 bits per heavy atom. The molecule has 34 heavy (non-hydrogen) atoms. The molecular formula is C30H35N3Si. The summed E-state index contributed by atoms with van der Waals surface area (Å²) in [4.78, 5) is 2.38. The first-order valence-corrected chi connectivity index (χ1v) is 15.8. The van der Waals surface area contributed by atoms with E-state index >= 15 is 0 Å². The first-order chi connectivity index (χ1) is 16.4. The number of nitrogens with zero attached hydrogens (tertiary/aromatic N) is 3. The van der Waals surface area contributed by atoms with E-state index in [-0.39, 0.29) is 6.04 Å². The molecule has 0 saturated carbocycles. The number of hydrogen-bond acceptors (Lipinski definition) is 3. The van der Waals surface area contributed by atoms with Crippen LogP contribution in [0.3, 0.4) is 0 Å². The molecule has 3 aromatic rings. The maximum atomic E-state index is 5.10. The van der Waals surface area contributed by atoms with E-state index in [0.717, 1.165) is 36.5 Å². The Labute approximate surface area is 206 Å². The Hall–Kier alpha value is -3.29. The standard InChI is InChI=1S/C30H35N3Si/c1-6-32(7-2)27-19-17-26(18-20-27)30-23-29(31-33(30)28-11-9-8-10-12-28)25-15-13-24(14-16-25)21-22-34(3,4)5/h8-20,30H,6-7,23H2,1-5H3. The van der Waals surface area contributed by atoms with Crippen molar-refractivity contribution in [2.45, 2.75) is 46.0 Å². The lowest BCUT2D eigenvalue weighted by Crippen LogP contribution is -2.22. The van der Waals surface area contributed by atoms with Crippen LogP contribution < -0.4 is 9.91 Å². The minimum atomic E-state index is -1.38. The molecule has 0 saturated heterocycles. The average molecular weight is 466 g/mol. The molecule has 3 aromatic carbocycles. The minimum Gasteiger partial charge on any atom is -0.372 e. The molecule has 4 rings (SSSR count). The molecule has 0 spiro atoms. The largest absolute Gasteiger partial charge is 0.372 e. The highest BCUT2D eigenvalue weighted by atomic mass is 28.3. The fourth-order valence-corrected chi connectivity index (χ4v) is 4.78. The van der Waals surface area contributed by atoms with Crippen LogP contribution >= 0.6 is 0 Å². The van der Waals surface area contributed by atoms with Crippen molar-refractivity contribution in [2.24, 2.45) is 5.10 Å². The molecule has 1 atom stereocenters. The number of benzene rings is 3. The zero-order chi connectivity index (χ0) is 24.1. The van der Waals surface area contributed by atoms with Crippen molar-refractivity contribution >= 4 is 25.2 Å². The van der Waals surface area contributed by atoms with E-state index in [1.807, 2.05) is 0 Å². The predicted molar refractivity (Wildman–Crippen MR) is 149 cm³/mol. The zero-order valence-corrected chi connectivity index (χ0v) is 22.0. The maximum absolute atomic E-state index is 5.10. The predicted octanol–water partition coefficient (Wildman–Crippen LogP) is 7.12. The van der Waals surface area contributed by atoms with E-state index in [4.69, 9.17) is 5.10 Å². The summed E-state index contributed by atoms with van der Waals surface area (Å²) in [6.07, 6.45) is 0.874. The van der Waals surface area contributed by atoms with E-state index in [2.05, 4.69) is 134 Å². The Balaban J connectivity index is 1.62. The number of hydrazone groups is 1. The van der Waals surface area contributed by atoms with Gasteiger partial charge in [-0.3, -0.25) is 5.01 Å². The van der Waals surface area contributed by atoms with Gasteiger partial charge in [0.2, 0.25) is 0 Å². The monoisotopic (exact) mass is 465 g/mol. The van der Waals surface area contributed by atoms with Gasteiger partial charge in [-0.1, -0.05) is 68.0 Å². The molecule has 1 heterocycles. The fourth-order valence-electron chi connectivity index (χ4n) is 4.26. The maximum Gasteiger partial charge on any atom is 0.129 e. The lowest BCUT2D eigenvalue weighted by atomic mass is 9.97. The molecule has 1 aliphatic rings. The van der Waals surface area contributed by atoms with Crippen LogP contribution in [0.5, 0.6) is 0 Å². The van der Waals surface area contributed by atoms with Crippen LogP contribution in [0.4, 0.5) is 11.4 Å². The van der Waals surface area contributed by atoms with Crippen LogP contribution in [0.15, 0.2) is 84.0 Å². The highest BCUT2D eigenvalue weighted by Crippen LogP contribution is 2.37. The smallest absolute Gasteiger partial charge is 0.129 e. The van der Waals surface area contributed by atoms with Crippen LogP contribution in [-0.2, 0) is 0 Å². The summed E-state index contributed by atoms with van der Waals surface area (Å²) in [5.74, 6) is 3.35. The van der Waals surface area contributed by atoms with Gasteiger partial charge in [-0.15, -0.1) is 5.54 Å². The first-order valence-electron chi connectivity index (χ1n) is 12.3. The molecule has 1 unspecified atom stereocenters. The molecule has 0 N–H and O–H groups in total. The molecule has 0 aromatic heterocycles. The lowest BCUT2D eigenvalue weighted by Gasteiger charge is -2.25. The van der Waals surface area contributed by atoms with Gasteiger partial charge in [0.1, 0.15) is 8.07 Å². The van der Waals surface area contributed by atoms with Crippen molar-refractivity contribution in [3.63, 3.8) is 0 Å². The van der Waals surface area contributed by atoms with Gasteiger partial charge in [-0.25, -0.2) is 0 Å². The third kappa shape index (κ3) is 5.60. The van der Waals surface area contributed by atoms with Crippen LogP contribution in [-0.4, -0.2) is 26.9 Å². The summed E-state index contributed by atoms with van der Waals surface area (Å²) in [6, 6.07) is 28.3. The summed E-state index contributed by atoms with van der Waals surface area (Å²) >= 11 is 0. The second-order valence-corrected chi connectivity index (χ2v) is 14.5. The Kier molecular flexibility index (Phi) is 7.24.